The zero-order valence-electron chi connectivity index (χ0n) is 15.0. The summed E-state index contributed by atoms with van der Waals surface area (Å²) < 4.78 is 0. The molecule has 4 heteroatoms. The van der Waals surface area contributed by atoms with Crippen LogP contribution in [0.3, 0.4) is 0 Å². The number of carbonyl (C=O) groups excluding carboxylic acids is 2. The van der Waals surface area contributed by atoms with Gasteiger partial charge in [-0.3, -0.25) is 9.59 Å². The summed E-state index contributed by atoms with van der Waals surface area (Å²) in [4.78, 5) is 25.2. The number of aryl methyl sites for hydroxylation is 3. The van der Waals surface area contributed by atoms with Gasteiger partial charge in [-0.25, -0.2) is 0 Å². The minimum absolute atomic E-state index is 0.186. The molecule has 0 spiro atoms. The molecule has 2 aromatic rings. The number of hydrogen-bond acceptors (Lipinski definition) is 2. The van der Waals surface area contributed by atoms with E-state index >= 15 is 0 Å². The molecule has 0 aromatic heterocycles. The topological polar surface area (TPSA) is 58.2 Å². The van der Waals surface area contributed by atoms with E-state index in [4.69, 9.17) is 0 Å². The van der Waals surface area contributed by atoms with Gasteiger partial charge in [0, 0.05) is 12.2 Å². The summed E-state index contributed by atoms with van der Waals surface area (Å²) in [5.41, 5.74) is 4.33. The fourth-order valence-corrected chi connectivity index (χ4v) is 2.81. The standard InChI is InChI=1S/C21H24N2O2/c1-14-4-7-17(8-5-14)13-22-19(24)21(10-11-21)20(25)23-18-9-6-15(2)16(3)12-18/h4-9,12H,10-11,13H2,1-3H3,(H,22,24)(H,23,25). The van der Waals surface area contributed by atoms with Crippen LogP contribution in [0.2, 0.25) is 0 Å². The average Bonchev–Trinajstić information content (AvgIpc) is 3.39. The monoisotopic (exact) mass is 336 g/mol. The maximum absolute atomic E-state index is 12.6. The van der Waals surface area contributed by atoms with Crippen LogP contribution in [0.5, 0.6) is 0 Å². The van der Waals surface area contributed by atoms with Crippen LogP contribution in [0.1, 0.15) is 35.1 Å². The van der Waals surface area contributed by atoms with E-state index in [1.807, 2.05) is 63.2 Å². The lowest BCUT2D eigenvalue weighted by Gasteiger charge is -2.16. The summed E-state index contributed by atoms with van der Waals surface area (Å²) in [7, 11) is 0. The van der Waals surface area contributed by atoms with Gasteiger partial charge >= 0.3 is 0 Å². The van der Waals surface area contributed by atoms with Gasteiger partial charge in [0.1, 0.15) is 5.41 Å². The molecule has 2 amide bonds. The maximum Gasteiger partial charge on any atom is 0.240 e. The average molecular weight is 336 g/mol. The quantitative estimate of drug-likeness (QED) is 0.819. The molecule has 1 aliphatic carbocycles. The van der Waals surface area contributed by atoms with E-state index < -0.39 is 5.41 Å². The first-order chi connectivity index (χ1) is 11.9. The molecule has 130 valence electrons. The fraction of sp³-hybridized carbons (Fsp3) is 0.333. The van der Waals surface area contributed by atoms with Crippen molar-refractivity contribution < 1.29 is 9.59 Å². The minimum atomic E-state index is -0.913. The first-order valence-electron chi connectivity index (χ1n) is 8.63. The summed E-state index contributed by atoms with van der Waals surface area (Å²) in [5, 5.41) is 5.81. The highest BCUT2D eigenvalue weighted by molar-refractivity contribution is 6.13. The molecule has 0 unspecified atom stereocenters. The van der Waals surface area contributed by atoms with Crippen molar-refractivity contribution in [1.29, 1.82) is 0 Å². The molecular formula is C21H24N2O2. The van der Waals surface area contributed by atoms with Crippen LogP contribution in [-0.2, 0) is 16.1 Å². The van der Waals surface area contributed by atoms with E-state index in [9.17, 15) is 9.59 Å². The molecule has 0 heterocycles. The molecule has 25 heavy (non-hydrogen) atoms. The lowest BCUT2D eigenvalue weighted by molar-refractivity contribution is -0.134. The molecule has 1 saturated carbocycles. The lowest BCUT2D eigenvalue weighted by atomic mass is 10.0. The van der Waals surface area contributed by atoms with E-state index in [0.29, 0.717) is 19.4 Å². The van der Waals surface area contributed by atoms with Gasteiger partial charge in [-0.2, -0.15) is 0 Å². The molecule has 2 N–H and O–H groups in total. The van der Waals surface area contributed by atoms with Crippen molar-refractivity contribution in [2.24, 2.45) is 5.41 Å². The van der Waals surface area contributed by atoms with Crippen molar-refractivity contribution in [3.05, 3.63) is 64.7 Å². The Bertz CT molecular complexity index is 805. The second-order valence-corrected chi connectivity index (χ2v) is 7.00. The highest BCUT2D eigenvalue weighted by Gasteiger charge is 2.56. The maximum atomic E-state index is 12.6. The van der Waals surface area contributed by atoms with Gasteiger partial charge in [0.25, 0.3) is 0 Å². The summed E-state index contributed by atoms with van der Waals surface area (Å²) >= 11 is 0. The molecule has 4 nitrogen and oxygen atoms in total. The van der Waals surface area contributed by atoms with Gasteiger partial charge in [0.2, 0.25) is 11.8 Å². The van der Waals surface area contributed by atoms with Crippen molar-refractivity contribution in [2.75, 3.05) is 5.32 Å². The molecule has 1 aliphatic rings. The Morgan fingerprint density at radius 3 is 2.20 bits per heavy atom. The Balaban J connectivity index is 1.62. The van der Waals surface area contributed by atoms with Crippen LogP contribution >= 0.6 is 0 Å². The van der Waals surface area contributed by atoms with E-state index in [2.05, 4.69) is 10.6 Å². The third kappa shape index (κ3) is 3.73. The SMILES string of the molecule is Cc1ccc(CNC(=O)C2(C(=O)Nc3ccc(C)c(C)c3)CC2)cc1. The highest BCUT2D eigenvalue weighted by atomic mass is 16.2. The Hall–Kier alpha value is -2.62. The molecule has 2 aromatic carbocycles. The van der Waals surface area contributed by atoms with E-state index in [0.717, 1.165) is 16.8 Å². The number of amides is 2. The smallest absolute Gasteiger partial charge is 0.240 e. The van der Waals surface area contributed by atoms with Gasteiger partial charge in [-0.15, -0.1) is 0 Å². The second kappa shape index (κ2) is 6.71. The summed E-state index contributed by atoms with van der Waals surface area (Å²) in [5.74, 6) is -0.397. The summed E-state index contributed by atoms with van der Waals surface area (Å²) in [6.45, 7) is 6.50. The van der Waals surface area contributed by atoms with Crippen LogP contribution in [0.4, 0.5) is 5.69 Å². The number of hydrogen-bond donors (Lipinski definition) is 2. The molecule has 0 aliphatic heterocycles. The molecule has 3 rings (SSSR count). The van der Waals surface area contributed by atoms with Crippen LogP contribution in [-0.4, -0.2) is 11.8 Å². The van der Waals surface area contributed by atoms with Crippen molar-refractivity contribution in [1.82, 2.24) is 5.32 Å². The van der Waals surface area contributed by atoms with Gasteiger partial charge < -0.3 is 10.6 Å². The molecule has 0 atom stereocenters. The Morgan fingerprint density at radius 2 is 1.60 bits per heavy atom. The zero-order valence-corrected chi connectivity index (χ0v) is 15.0. The Morgan fingerprint density at radius 1 is 0.920 bits per heavy atom. The first-order valence-corrected chi connectivity index (χ1v) is 8.63. The first kappa shape index (κ1) is 17.2. The Labute approximate surface area is 148 Å². The van der Waals surface area contributed by atoms with Crippen molar-refractivity contribution in [3.63, 3.8) is 0 Å². The number of benzene rings is 2. The molecule has 1 fully saturated rings. The largest absolute Gasteiger partial charge is 0.351 e. The molecule has 0 radical (unpaired) electrons. The van der Waals surface area contributed by atoms with E-state index in [-0.39, 0.29) is 11.8 Å². The predicted molar refractivity (Wildman–Crippen MR) is 99.2 cm³/mol. The number of anilines is 1. The minimum Gasteiger partial charge on any atom is -0.351 e. The third-order valence-electron chi connectivity index (χ3n) is 4.96. The predicted octanol–water partition coefficient (Wildman–Crippen LogP) is 3.65. The molecular weight excluding hydrogens is 312 g/mol. The lowest BCUT2D eigenvalue weighted by Crippen LogP contribution is -2.39. The fourth-order valence-electron chi connectivity index (χ4n) is 2.81. The van der Waals surface area contributed by atoms with Crippen molar-refractivity contribution in [3.8, 4) is 0 Å². The van der Waals surface area contributed by atoms with Gasteiger partial charge in [0.05, 0.1) is 0 Å². The second-order valence-electron chi connectivity index (χ2n) is 7.00. The van der Waals surface area contributed by atoms with Crippen molar-refractivity contribution in [2.45, 2.75) is 40.2 Å². The number of rotatable bonds is 5. The zero-order chi connectivity index (χ0) is 18.0. The highest BCUT2D eigenvalue weighted by Crippen LogP contribution is 2.47. The van der Waals surface area contributed by atoms with Crippen LogP contribution < -0.4 is 10.6 Å². The number of carbonyl (C=O) groups is 2. The van der Waals surface area contributed by atoms with Crippen LogP contribution in [0.15, 0.2) is 42.5 Å². The van der Waals surface area contributed by atoms with Gasteiger partial charge in [0.15, 0.2) is 0 Å². The van der Waals surface area contributed by atoms with Gasteiger partial charge in [-0.1, -0.05) is 35.9 Å². The van der Waals surface area contributed by atoms with E-state index in [1.54, 1.807) is 0 Å². The van der Waals surface area contributed by atoms with Crippen molar-refractivity contribution >= 4 is 17.5 Å². The van der Waals surface area contributed by atoms with Gasteiger partial charge in [-0.05, 0) is 62.4 Å². The summed E-state index contributed by atoms with van der Waals surface area (Å²) in [6.07, 6.45) is 1.20. The van der Waals surface area contributed by atoms with Crippen LogP contribution in [0.25, 0.3) is 0 Å². The normalized spacial score (nSPS) is 14.7. The van der Waals surface area contributed by atoms with Crippen LogP contribution in [0, 0.1) is 26.2 Å². The third-order valence-corrected chi connectivity index (χ3v) is 4.96. The molecule has 0 saturated heterocycles. The summed E-state index contributed by atoms with van der Waals surface area (Å²) in [6, 6.07) is 13.8. The van der Waals surface area contributed by atoms with E-state index in [1.165, 1.54) is 11.1 Å². The molecule has 0 bridgehead atoms. The number of nitrogens with one attached hydrogen (secondary N) is 2. The Kier molecular flexibility index (Phi) is 4.62.